The zero-order chi connectivity index (χ0) is 5.70. The van der Waals surface area contributed by atoms with Crippen molar-refractivity contribution in [3.8, 4) is 0 Å². The van der Waals surface area contributed by atoms with Crippen molar-refractivity contribution in [1.29, 1.82) is 0 Å². The summed E-state index contributed by atoms with van der Waals surface area (Å²) in [6.45, 7) is 2.03. The van der Waals surface area contributed by atoms with Gasteiger partial charge in [0.25, 0.3) is 0 Å². The topological polar surface area (TPSA) is 81.5 Å². The van der Waals surface area contributed by atoms with Crippen molar-refractivity contribution in [2.24, 2.45) is 0 Å². The lowest BCUT2D eigenvalue weighted by Gasteiger charge is -1.90. The van der Waals surface area contributed by atoms with Crippen molar-refractivity contribution >= 4 is 5.97 Å². The summed E-state index contributed by atoms with van der Waals surface area (Å²) in [5, 5.41) is 7.92. The molecule has 0 spiro atoms. The van der Waals surface area contributed by atoms with Crippen LogP contribution in [0.2, 0.25) is 0 Å². The van der Waals surface area contributed by atoms with Crippen LogP contribution in [0.3, 0.4) is 0 Å². The van der Waals surface area contributed by atoms with Crippen LogP contribution in [0.5, 0.6) is 0 Å². The average molecular weight is 121 g/mol. The first-order valence-corrected chi connectivity index (χ1v) is 2.07. The molecular formula is C4H11NO3. The van der Waals surface area contributed by atoms with Gasteiger partial charge in [0.05, 0.1) is 0 Å². The number of hydrogen-bond acceptors (Lipinski definition) is 3. The molecular weight excluding hydrogens is 110 g/mol. The largest absolute Gasteiger partial charge is 0.480 e. The molecule has 0 amide bonds. The predicted octanol–water partition coefficient (Wildman–Crippen LogP) is 0.270. The summed E-state index contributed by atoms with van der Waals surface area (Å²) in [6.07, 6.45) is 0. The van der Waals surface area contributed by atoms with E-state index in [1.54, 1.807) is 6.92 Å². The highest BCUT2D eigenvalue weighted by molar-refractivity contribution is 5.67. The van der Waals surface area contributed by atoms with Crippen molar-refractivity contribution in [2.45, 2.75) is 6.92 Å². The molecule has 0 saturated carbocycles. The van der Waals surface area contributed by atoms with E-state index in [0.717, 1.165) is 0 Å². The number of carboxylic acid groups (broad SMARTS) is 1. The molecule has 0 aliphatic carbocycles. The maximum atomic E-state index is 9.63. The van der Waals surface area contributed by atoms with Gasteiger partial charge in [0, 0.05) is 6.61 Å². The van der Waals surface area contributed by atoms with Gasteiger partial charge in [-0.3, -0.25) is 0 Å². The van der Waals surface area contributed by atoms with Crippen LogP contribution >= 0.6 is 0 Å². The van der Waals surface area contributed by atoms with E-state index in [1.807, 2.05) is 0 Å². The van der Waals surface area contributed by atoms with Crippen LogP contribution < -0.4 is 6.15 Å². The third kappa shape index (κ3) is 9.04. The van der Waals surface area contributed by atoms with E-state index in [0.29, 0.717) is 6.61 Å². The van der Waals surface area contributed by atoms with Gasteiger partial charge in [-0.25, -0.2) is 4.79 Å². The van der Waals surface area contributed by atoms with Crippen LogP contribution in [0.25, 0.3) is 0 Å². The van der Waals surface area contributed by atoms with E-state index in [1.165, 1.54) is 0 Å². The molecule has 0 unspecified atom stereocenters. The molecule has 4 nitrogen and oxygen atoms in total. The first kappa shape index (κ1) is 10.4. The second kappa shape index (κ2) is 6.39. The number of aliphatic carboxylic acids is 1. The van der Waals surface area contributed by atoms with Gasteiger partial charge < -0.3 is 16.0 Å². The maximum Gasteiger partial charge on any atom is 0.329 e. The standard InChI is InChI=1S/C4H8O3.H3N/c1-2-7-3-4(5)6;/h2-3H2,1H3,(H,5,6);1H3. The van der Waals surface area contributed by atoms with E-state index in [4.69, 9.17) is 5.11 Å². The minimum atomic E-state index is -0.915. The maximum absolute atomic E-state index is 9.63. The van der Waals surface area contributed by atoms with Crippen molar-refractivity contribution in [3.63, 3.8) is 0 Å². The summed E-state index contributed by atoms with van der Waals surface area (Å²) < 4.78 is 4.50. The molecule has 8 heavy (non-hydrogen) atoms. The molecule has 0 bridgehead atoms. The molecule has 0 atom stereocenters. The first-order chi connectivity index (χ1) is 3.27. The summed E-state index contributed by atoms with van der Waals surface area (Å²) in [5.74, 6) is -0.915. The van der Waals surface area contributed by atoms with E-state index < -0.39 is 5.97 Å². The van der Waals surface area contributed by atoms with Crippen LogP contribution in [0.4, 0.5) is 0 Å². The molecule has 0 fully saturated rings. The Morgan fingerprint density at radius 3 is 2.38 bits per heavy atom. The fourth-order valence-corrected chi connectivity index (χ4v) is 0.189. The van der Waals surface area contributed by atoms with Gasteiger partial charge in [-0.2, -0.15) is 0 Å². The Morgan fingerprint density at radius 1 is 1.75 bits per heavy atom. The van der Waals surface area contributed by atoms with Crippen LogP contribution in [-0.2, 0) is 9.53 Å². The molecule has 0 aliphatic heterocycles. The Hall–Kier alpha value is -0.610. The zero-order valence-electron chi connectivity index (χ0n) is 4.89. The number of rotatable bonds is 3. The molecule has 4 heteroatoms. The fraction of sp³-hybridized carbons (Fsp3) is 0.750. The molecule has 0 rings (SSSR count). The highest BCUT2D eigenvalue weighted by Crippen LogP contribution is 1.69. The molecule has 0 heterocycles. The second-order valence-corrected chi connectivity index (χ2v) is 1.03. The molecule has 0 aromatic heterocycles. The monoisotopic (exact) mass is 121 g/mol. The second-order valence-electron chi connectivity index (χ2n) is 1.03. The van der Waals surface area contributed by atoms with Gasteiger partial charge in [0.2, 0.25) is 0 Å². The molecule has 0 aromatic rings. The predicted molar refractivity (Wildman–Crippen MR) is 29.2 cm³/mol. The van der Waals surface area contributed by atoms with Crippen LogP contribution in [0.15, 0.2) is 0 Å². The summed E-state index contributed by atoms with van der Waals surface area (Å²) in [7, 11) is 0. The third-order valence-electron chi connectivity index (χ3n) is 0.430. The normalized spacial score (nSPS) is 7.62. The third-order valence-corrected chi connectivity index (χ3v) is 0.430. The highest BCUT2D eigenvalue weighted by Gasteiger charge is 1.90. The van der Waals surface area contributed by atoms with Crippen molar-refractivity contribution in [1.82, 2.24) is 6.15 Å². The number of carboxylic acids is 1. The van der Waals surface area contributed by atoms with Crippen molar-refractivity contribution in [2.75, 3.05) is 13.2 Å². The zero-order valence-corrected chi connectivity index (χ0v) is 4.89. The lowest BCUT2D eigenvalue weighted by molar-refractivity contribution is -0.142. The smallest absolute Gasteiger partial charge is 0.329 e. The van der Waals surface area contributed by atoms with Crippen LogP contribution in [0, 0.1) is 0 Å². The van der Waals surface area contributed by atoms with Crippen LogP contribution in [-0.4, -0.2) is 24.3 Å². The summed E-state index contributed by atoms with van der Waals surface area (Å²) in [5.41, 5.74) is 0. The van der Waals surface area contributed by atoms with E-state index >= 15 is 0 Å². The Bertz CT molecular complexity index is 64.3. The van der Waals surface area contributed by atoms with Gasteiger partial charge >= 0.3 is 5.97 Å². The minimum absolute atomic E-state index is 0. The molecule has 50 valence electrons. The van der Waals surface area contributed by atoms with Gasteiger partial charge in [-0.1, -0.05) is 0 Å². The Kier molecular flexibility index (Phi) is 8.30. The first-order valence-electron chi connectivity index (χ1n) is 2.07. The Labute approximate surface area is 48.0 Å². The lowest BCUT2D eigenvalue weighted by Crippen LogP contribution is -2.05. The van der Waals surface area contributed by atoms with Crippen LogP contribution in [0.1, 0.15) is 6.92 Å². The minimum Gasteiger partial charge on any atom is -0.480 e. The van der Waals surface area contributed by atoms with Gasteiger partial charge in [0.15, 0.2) is 0 Å². The summed E-state index contributed by atoms with van der Waals surface area (Å²) in [6, 6.07) is 0. The quantitative estimate of drug-likeness (QED) is 0.561. The van der Waals surface area contributed by atoms with Crippen molar-refractivity contribution in [3.05, 3.63) is 0 Å². The summed E-state index contributed by atoms with van der Waals surface area (Å²) in [4.78, 5) is 9.63. The van der Waals surface area contributed by atoms with E-state index in [2.05, 4.69) is 4.74 Å². The van der Waals surface area contributed by atoms with Gasteiger partial charge in [0.1, 0.15) is 6.61 Å². The Balaban J connectivity index is 0. The molecule has 4 N–H and O–H groups in total. The van der Waals surface area contributed by atoms with Gasteiger partial charge in [-0.05, 0) is 6.92 Å². The van der Waals surface area contributed by atoms with E-state index in [9.17, 15) is 4.79 Å². The highest BCUT2D eigenvalue weighted by atomic mass is 16.5. The van der Waals surface area contributed by atoms with Gasteiger partial charge in [-0.15, -0.1) is 0 Å². The summed E-state index contributed by atoms with van der Waals surface area (Å²) >= 11 is 0. The van der Waals surface area contributed by atoms with Crippen molar-refractivity contribution < 1.29 is 14.6 Å². The SMILES string of the molecule is CCOCC(=O)O.N. The van der Waals surface area contributed by atoms with E-state index in [-0.39, 0.29) is 12.8 Å². The molecule has 0 aliphatic rings. The number of hydrogen-bond donors (Lipinski definition) is 2. The average Bonchev–Trinajstić information content (AvgIpc) is 1.61. The molecule has 0 aromatic carbocycles. The fourth-order valence-electron chi connectivity index (χ4n) is 0.189. The molecule has 0 saturated heterocycles. The number of carbonyl (C=O) groups is 1. The molecule has 0 radical (unpaired) electrons. The lowest BCUT2D eigenvalue weighted by atomic mass is 10.7. The Morgan fingerprint density at radius 2 is 2.25 bits per heavy atom. The number of ether oxygens (including phenoxy) is 1.